The minimum absolute atomic E-state index is 0.0472. The maximum Gasteiger partial charge on any atom is 0.141 e. The molecule has 4 heteroatoms. The van der Waals surface area contributed by atoms with E-state index in [-0.39, 0.29) is 12.1 Å². The van der Waals surface area contributed by atoms with E-state index < -0.39 is 6.10 Å². The second-order valence-corrected chi connectivity index (χ2v) is 5.45. The molecular weight excluding hydrogens is 264 g/mol. The number of aliphatic hydroxyl groups excluding tert-OH is 1. The molecule has 1 aliphatic carbocycles. The summed E-state index contributed by atoms with van der Waals surface area (Å²) in [6.45, 7) is 2.07. The molecule has 2 aromatic rings. The molecule has 1 aromatic carbocycles. The highest BCUT2D eigenvalue weighted by molar-refractivity contribution is 5.38. The van der Waals surface area contributed by atoms with Crippen LogP contribution in [0.4, 0.5) is 0 Å². The summed E-state index contributed by atoms with van der Waals surface area (Å²) in [5.41, 5.74) is 3.45. The Kier molecular flexibility index (Phi) is 3.90. The number of aromatic nitrogens is 1. The molecule has 4 nitrogen and oxygen atoms in total. The second kappa shape index (κ2) is 5.84. The molecule has 1 aliphatic rings. The summed E-state index contributed by atoms with van der Waals surface area (Å²) < 4.78 is 5.36. The summed E-state index contributed by atoms with van der Waals surface area (Å²) in [5, 5.41) is 13.8. The van der Waals surface area contributed by atoms with Crippen LogP contribution < -0.4 is 10.1 Å². The van der Waals surface area contributed by atoms with Crippen LogP contribution in [-0.4, -0.2) is 23.3 Å². The maximum absolute atomic E-state index is 10.3. The standard InChI is InChI=1S/C17H20N2O2/c1-11(13-7-8-18-10-16(13)21-2)19-17-14-6-4-3-5-12(14)9-15(17)20/h3-8,10-11,15,17,19-20H,9H2,1-2H3/t11?,15-,17+/m0/s1. The number of fused-ring (bicyclic) bond motifs is 1. The van der Waals surface area contributed by atoms with E-state index in [4.69, 9.17) is 4.74 Å². The van der Waals surface area contributed by atoms with Crippen molar-refractivity contribution in [3.63, 3.8) is 0 Å². The predicted molar refractivity (Wildman–Crippen MR) is 81.2 cm³/mol. The highest BCUT2D eigenvalue weighted by Gasteiger charge is 2.31. The van der Waals surface area contributed by atoms with Gasteiger partial charge in [0.2, 0.25) is 0 Å². The Labute approximate surface area is 124 Å². The quantitative estimate of drug-likeness (QED) is 0.905. The van der Waals surface area contributed by atoms with Crippen LogP contribution >= 0.6 is 0 Å². The molecule has 1 heterocycles. The topological polar surface area (TPSA) is 54.4 Å². The summed E-state index contributed by atoms with van der Waals surface area (Å²) >= 11 is 0. The van der Waals surface area contributed by atoms with E-state index in [9.17, 15) is 5.11 Å². The van der Waals surface area contributed by atoms with Gasteiger partial charge in [-0.3, -0.25) is 4.98 Å². The number of methoxy groups -OCH3 is 1. The Morgan fingerprint density at radius 3 is 2.95 bits per heavy atom. The lowest BCUT2D eigenvalue weighted by Crippen LogP contribution is -2.31. The van der Waals surface area contributed by atoms with Gasteiger partial charge < -0.3 is 15.2 Å². The molecule has 0 saturated heterocycles. The van der Waals surface area contributed by atoms with Gasteiger partial charge in [-0.1, -0.05) is 24.3 Å². The molecule has 0 bridgehead atoms. The van der Waals surface area contributed by atoms with Crippen LogP contribution in [-0.2, 0) is 6.42 Å². The van der Waals surface area contributed by atoms with Gasteiger partial charge in [0.25, 0.3) is 0 Å². The Morgan fingerprint density at radius 1 is 1.33 bits per heavy atom. The summed E-state index contributed by atoms with van der Waals surface area (Å²) in [4.78, 5) is 4.08. The molecule has 3 atom stereocenters. The van der Waals surface area contributed by atoms with Gasteiger partial charge in [0.05, 0.1) is 25.5 Å². The normalized spacial score (nSPS) is 21.9. The van der Waals surface area contributed by atoms with Crippen molar-refractivity contribution in [2.45, 2.75) is 31.5 Å². The van der Waals surface area contributed by atoms with Gasteiger partial charge in [0, 0.05) is 24.2 Å². The third kappa shape index (κ3) is 2.64. The number of pyridine rings is 1. The number of nitrogens with zero attached hydrogens (tertiary/aromatic N) is 1. The Morgan fingerprint density at radius 2 is 2.14 bits per heavy atom. The Bertz CT molecular complexity index is 630. The fourth-order valence-electron chi connectivity index (χ4n) is 3.05. The molecule has 1 aromatic heterocycles. The Balaban J connectivity index is 1.83. The van der Waals surface area contributed by atoms with Crippen LogP contribution in [0.25, 0.3) is 0 Å². The SMILES string of the molecule is COc1cnccc1C(C)N[C@@H]1c2ccccc2C[C@@H]1O. The van der Waals surface area contributed by atoms with Crippen molar-refractivity contribution in [1.82, 2.24) is 10.3 Å². The lowest BCUT2D eigenvalue weighted by Gasteiger charge is -2.24. The number of ether oxygens (including phenoxy) is 1. The largest absolute Gasteiger partial charge is 0.495 e. The highest BCUT2D eigenvalue weighted by Crippen LogP contribution is 2.34. The molecule has 21 heavy (non-hydrogen) atoms. The maximum atomic E-state index is 10.3. The van der Waals surface area contributed by atoms with Gasteiger partial charge in [-0.2, -0.15) is 0 Å². The van der Waals surface area contributed by atoms with Crippen LogP contribution in [0, 0.1) is 0 Å². The molecule has 110 valence electrons. The third-order valence-electron chi connectivity index (χ3n) is 4.14. The summed E-state index contributed by atoms with van der Waals surface area (Å²) in [6.07, 6.45) is 3.79. The van der Waals surface area contributed by atoms with Gasteiger partial charge in [0.1, 0.15) is 5.75 Å². The second-order valence-electron chi connectivity index (χ2n) is 5.45. The number of hydrogen-bond donors (Lipinski definition) is 2. The van der Waals surface area contributed by atoms with E-state index >= 15 is 0 Å². The first-order valence-corrected chi connectivity index (χ1v) is 7.20. The van der Waals surface area contributed by atoms with Crippen LogP contribution in [0.3, 0.4) is 0 Å². The third-order valence-corrected chi connectivity index (χ3v) is 4.14. The molecule has 0 spiro atoms. The van der Waals surface area contributed by atoms with E-state index in [2.05, 4.69) is 29.4 Å². The molecule has 3 rings (SSSR count). The van der Waals surface area contributed by atoms with Crippen molar-refractivity contribution in [2.75, 3.05) is 7.11 Å². The Hall–Kier alpha value is -1.91. The van der Waals surface area contributed by atoms with E-state index in [0.717, 1.165) is 11.3 Å². The number of nitrogens with one attached hydrogen (secondary N) is 1. The van der Waals surface area contributed by atoms with Gasteiger partial charge >= 0.3 is 0 Å². The molecule has 0 radical (unpaired) electrons. The van der Waals surface area contributed by atoms with E-state index in [1.54, 1.807) is 19.5 Å². The number of rotatable bonds is 4. The van der Waals surface area contributed by atoms with Crippen molar-refractivity contribution in [3.05, 3.63) is 59.4 Å². The molecular formula is C17H20N2O2. The van der Waals surface area contributed by atoms with Crippen LogP contribution in [0.1, 0.15) is 35.7 Å². The number of hydrogen-bond acceptors (Lipinski definition) is 4. The number of aliphatic hydroxyl groups is 1. The minimum atomic E-state index is -0.391. The first-order chi connectivity index (χ1) is 10.2. The minimum Gasteiger partial charge on any atom is -0.495 e. The monoisotopic (exact) mass is 284 g/mol. The molecule has 1 unspecified atom stereocenters. The molecule has 0 fully saturated rings. The van der Waals surface area contributed by atoms with Crippen molar-refractivity contribution in [1.29, 1.82) is 0 Å². The predicted octanol–water partition coefficient (Wildman–Crippen LogP) is 2.40. The molecule has 0 saturated carbocycles. The zero-order chi connectivity index (χ0) is 14.8. The van der Waals surface area contributed by atoms with E-state index in [0.29, 0.717) is 6.42 Å². The first-order valence-electron chi connectivity index (χ1n) is 7.20. The highest BCUT2D eigenvalue weighted by atomic mass is 16.5. The zero-order valence-electron chi connectivity index (χ0n) is 12.3. The van der Waals surface area contributed by atoms with E-state index in [1.165, 1.54) is 11.1 Å². The average Bonchev–Trinajstić information content (AvgIpc) is 2.83. The van der Waals surface area contributed by atoms with Crippen molar-refractivity contribution in [3.8, 4) is 5.75 Å². The van der Waals surface area contributed by atoms with Gasteiger partial charge in [-0.05, 0) is 24.1 Å². The van der Waals surface area contributed by atoms with E-state index in [1.807, 2.05) is 18.2 Å². The molecule has 2 N–H and O–H groups in total. The van der Waals surface area contributed by atoms with Gasteiger partial charge in [-0.15, -0.1) is 0 Å². The van der Waals surface area contributed by atoms with Crippen LogP contribution in [0.2, 0.25) is 0 Å². The lowest BCUT2D eigenvalue weighted by molar-refractivity contribution is 0.135. The summed E-state index contributed by atoms with van der Waals surface area (Å²) in [7, 11) is 1.65. The fraction of sp³-hybridized carbons (Fsp3) is 0.353. The van der Waals surface area contributed by atoms with Crippen LogP contribution in [0.15, 0.2) is 42.7 Å². The molecule has 0 aliphatic heterocycles. The van der Waals surface area contributed by atoms with Crippen molar-refractivity contribution in [2.24, 2.45) is 0 Å². The van der Waals surface area contributed by atoms with Crippen molar-refractivity contribution < 1.29 is 9.84 Å². The number of benzene rings is 1. The van der Waals surface area contributed by atoms with Gasteiger partial charge in [0.15, 0.2) is 0 Å². The van der Waals surface area contributed by atoms with Crippen molar-refractivity contribution >= 4 is 0 Å². The lowest BCUT2D eigenvalue weighted by atomic mass is 10.0. The summed E-state index contributed by atoms with van der Waals surface area (Å²) in [6, 6.07) is 10.2. The smallest absolute Gasteiger partial charge is 0.141 e. The van der Waals surface area contributed by atoms with Crippen LogP contribution in [0.5, 0.6) is 5.75 Å². The fourth-order valence-corrected chi connectivity index (χ4v) is 3.05. The first kappa shape index (κ1) is 14.0. The summed E-state index contributed by atoms with van der Waals surface area (Å²) in [5.74, 6) is 0.762. The zero-order valence-corrected chi connectivity index (χ0v) is 12.3. The molecule has 0 amide bonds. The average molecular weight is 284 g/mol. The van der Waals surface area contributed by atoms with Gasteiger partial charge in [-0.25, -0.2) is 0 Å².